The van der Waals surface area contributed by atoms with E-state index in [4.69, 9.17) is 36.7 Å². The van der Waals surface area contributed by atoms with Gasteiger partial charge < -0.3 is 36.7 Å². The normalized spacial score (nSPS) is 26.7. The first-order valence-corrected chi connectivity index (χ1v) is 39.7. The Balaban J connectivity index is 1.58. The lowest BCUT2D eigenvalue weighted by atomic mass is 9.79. The first-order chi connectivity index (χ1) is 33.7. The predicted molar refractivity (Wildman–Crippen MR) is 324 cm³/mol. The van der Waals surface area contributed by atoms with Gasteiger partial charge in [-0.05, 0) is 94.6 Å². The minimum absolute atomic E-state index is 0.00253. The third kappa shape index (κ3) is 14.4. The minimum Gasteiger partial charge on any atom is -0.413 e. The van der Waals surface area contributed by atoms with Crippen molar-refractivity contribution in [3.63, 3.8) is 0 Å². The van der Waals surface area contributed by atoms with Crippen LogP contribution in [0, 0.1) is 11.8 Å². The summed E-state index contributed by atoms with van der Waals surface area (Å²) in [5.74, 6) is -1.25. The molecular weight excluding hydrogens is 1090 g/mol. The highest BCUT2D eigenvalue weighted by atomic mass is 127. The monoisotopic (exact) mass is 1190 g/mol. The Kier molecular flexibility index (Phi) is 21.1. The zero-order valence-electron chi connectivity index (χ0n) is 49.5. The van der Waals surface area contributed by atoms with Crippen molar-refractivity contribution in [1.82, 2.24) is 0 Å². The van der Waals surface area contributed by atoms with Gasteiger partial charge in [0.15, 0.2) is 30.7 Å². The fraction of sp³-hybridized carbons (Fsp3) is 0.700. The summed E-state index contributed by atoms with van der Waals surface area (Å²) in [6, 6.07) is 32.4. The summed E-state index contributed by atoms with van der Waals surface area (Å²) in [5.41, 5.74) is 1.13. The third-order valence-electron chi connectivity index (χ3n) is 17.9. The first-order valence-electron chi connectivity index (χ1n) is 27.6. The summed E-state index contributed by atoms with van der Waals surface area (Å²) >= 11 is 2.50. The second kappa shape index (κ2) is 24.5. The van der Waals surface area contributed by atoms with Crippen LogP contribution in [0.4, 0.5) is 0 Å². The maximum atomic E-state index is 7.88. The van der Waals surface area contributed by atoms with Crippen LogP contribution in [-0.2, 0) is 43.3 Å². The van der Waals surface area contributed by atoms with Crippen LogP contribution in [0.3, 0.4) is 0 Å². The summed E-state index contributed by atoms with van der Waals surface area (Å²) < 4.78 is 60.7. The second-order valence-electron chi connectivity index (χ2n) is 27.2. The molecule has 5 rings (SSSR count). The number of alkyl halides is 1. The molecule has 0 saturated carbocycles. The average molecular weight is 1190 g/mol. The van der Waals surface area contributed by atoms with Crippen LogP contribution in [0.2, 0.25) is 59.4 Å². The lowest BCUT2D eigenvalue weighted by Gasteiger charge is -2.58. The van der Waals surface area contributed by atoms with Gasteiger partial charge in [-0.3, -0.25) is 0 Å². The molecule has 2 aliphatic rings. The smallest absolute Gasteiger partial charge is 0.261 e. The number of rotatable bonds is 21. The van der Waals surface area contributed by atoms with E-state index in [1.165, 1.54) is 10.4 Å². The summed E-state index contributed by atoms with van der Waals surface area (Å²) in [4.78, 5) is 0. The number of halogens is 1. The van der Waals surface area contributed by atoms with E-state index in [1.54, 1.807) is 0 Å². The first kappa shape index (κ1) is 62.8. The van der Waals surface area contributed by atoms with Gasteiger partial charge in [0.05, 0.1) is 43.2 Å². The van der Waals surface area contributed by atoms with E-state index in [-0.39, 0.29) is 62.5 Å². The Morgan fingerprint density at radius 3 is 1.58 bits per heavy atom. The van der Waals surface area contributed by atoms with Gasteiger partial charge in [-0.1, -0.05) is 211 Å². The molecule has 2 fully saturated rings. The Hall–Kier alpha value is -1.06. The molecule has 2 heterocycles. The number of methoxy groups -OCH3 is 1. The van der Waals surface area contributed by atoms with Gasteiger partial charge in [0, 0.05) is 36.4 Å². The van der Waals surface area contributed by atoms with E-state index in [0.717, 1.165) is 29.3 Å². The maximum absolute atomic E-state index is 7.88. The number of ether oxygens (including phenoxy) is 4. The van der Waals surface area contributed by atoms with Crippen molar-refractivity contribution in [3.05, 3.63) is 96.6 Å². The SMILES string of the molecule is CO[C@]1([C@@H](O[Si](C)(C)C(C)(C)C)[C@@H]2O[C@H](CI)[C@@H](O[Si](C)(C)C(C)(C)C)[C@H](OCc3ccccc3)[C@H]2C)C[C@H](O[Si](C)(C)C(C)(C)C)[C@@H](C)[C@@H](CCCCO[Si](c2ccccc2)(c2ccccc2)C(C)(C)C)O1. The van der Waals surface area contributed by atoms with Gasteiger partial charge >= 0.3 is 0 Å². The topological polar surface area (TPSA) is 73.8 Å². The van der Waals surface area contributed by atoms with Gasteiger partial charge in [0.1, 0.15) is 6.10 Å². The van der Waals surface area contributed by atoms with Crippen molar-refractivity contribution in [1.29, 1.82) is 0 Å². The summed E-state index contributed by atoms with van der Waals surface area (Å²) in [6.45, 7) is 47.8. The predicted octanol–water partition coefficient (Wildman–Crippen LogP) is 15.1. The van der Waals surface area contributed by atoms with Crippen LogP contribution in [0.15, 0.2) is 91.0 Å². The number of hydrogen-bond acceptors (Lipinski definition) is 8. The molecule has 0 aromatic heterocycles. The zero-order valence-corrected chi connectivity index (χ0v) is 55.6. The third-order valence-corrected chi connectivity index (χ3v) is 37.3. The number of unbranched alkanes of at least 4 members (excludes halogenated alkanes) is 1. The fourth-order valence-electron chi connectivity index (χ4n) is 10.2. The van der Waals surface area contributed by atoms with E-state index in [2.05, 4.69) is 250 Å². The van der Waals surface area contributed by atoms with E-state index in [9.17, 15) is 0 Å². The van der Waals surface area contributed by atoms with Gasteiger partial charge in [-0.2, -0.15) is 0 Å². The molecule has 0 N–H and O–H groups in total. The van der Waals surface area contributed by atoms with Crippen LogP contribution in [-0.4, -0.2) is 99.9 Å². The summed E-state index contributed by atoms with van der Waals surface area (Å²) in [5, 5.41) is 2.39. The molecule has 0 bridgehead atoms. The molecule has 2 saturated heterocycles. The molecule has 0 amide bonds. The lowest BCUT2D eigenvalue weighted by Crippen LogP contribution is -2.70. The summed E-state index contributed by atoms with van der Waals surface area (Å²) in [7, 11) is -8.00. The minimum atomic E-state index is -2.69. The van der Waals surface area contributed by atoms with Crippen LogP contribution in [0.1, 0.15) is 128 Å². The molecule has 0 spiro atoms. The fourth-order valence-corrected chi connectivity index (χ4v) is 19.5. The highest BCUT2D eigenvalue weighted by Crippen LogP contribution is 2.51. The van der Waals surface area contributed by atoms with Crippen molar-refractivity contribution in [3.8, 4) is 0 Å². The van der Waals surface area contributed by atoms with Crippen LogP contribution in [0.5, 0.6) is 0 Å². The molecule has 13 heteroatoms. The number of benzene rings is 3. The van der Waals surface area contributed by atoms with E-state index in [1.807, 2.05) is 7.11 Å². The highest BCUT2D eigenvalue weighted by Gasteiger charge is 2.62. The van der Waals surface area contributed by atoms with Crippen molar-refractivity contribution < 1.29 is 36.7 Å². The van der Waals surface area contributed by atoms with E-state index >= 15 is 0 Å². The van der Waals surface area contributed by atoms with Crippen molar-refractivity contribution in [2.45, 2.75) is 237 Å². The summed E-state index contributed by atoms with van der Waals surface area (Å²) in [6.07, 6.45) is 0.955. The Labute approximate surface area is 463 Å². The average Bonchev–Trinajstić information content (AvgIpc) is 3.30. The Morgan fingerprint density at radius 1 is 0.616 bits per heavy atom. The molecule has 10 atom stereocenters. The van der Waals surface area contributed by atoms with Crippen LogP contribution >= 0.6 is 22.6 Å². The zero-order chi connectivity index (χ0) is 54.6. The number of hydrogen-bond donors (Lipinski definition) is 0. The quantitative estimate of drug-likeness (QED) is 0.0452. The van der Waals surface area contributed by atoms with Crippen LogP contribution in [0.25, 0.3) is 0 Å². The van der Waals surface area contributed by atoms with Gasteiger partial charge in [0.2, 0.25) is 0 Å². The van der Waals surface area contributed by atoms with Gasteiger partial charge in [0.25, 0.3) is 8.32 Å². The molecule has 3 aromatic rings. The highest BCUT2D eigenvalue weighted by molar-refractivity contribution is 14.1. The molecule has 2 aliphatic heterocycles. The Morgan fingerprint density at radius 2 is 1.11 bits per heavy atom. The van der Waals surface area contributed by atoms with Crippen molar-refractivity contribution in [2.24, 2.45) is 11.8 Å². The molecule has 412 valence electrons. The molecular formula is C60H101IO8Si4. The van der Waals surface area contributed by atoms with Crippen molar-refractivity contribution in [2.75, 3.05) is 18.1 Å². The van der Waals surface area contributed by atoms with E-state index in [0.29, 0.717) is 19.6 Å². The maximum Gasteiger partial charge on any atom is 0.261 e. The standard InChI is InChI=1S/C60H101IO8Si4/c1-44-49(39-31-32-40-64-73(59(12,13)14,47-35-27-23-28-36-47)48-37-29-24-30-38-48)66-60(62-15,41-50(44)67-70(16,17)56(3,4)5)55(69-72(20,21)58(9,10)11)53-45(2)52(63-43-46-33-25-22-26-34-46)54(51(42-61)65-53)68-71(18,19)57(6,7)8/h22-30,33-38,44-45,49-55H,31-32,39-43H2,1-21H3/t44-,45+,49+,50-,51+,52+,53+,54+,55-,60+/m0/s1. The van der Waals surface area contributed by atoms with Crippen molar-refractivity contribution >= 4 is 66.2 Å². The molecule has 0 unspecified atom stereocenters. The molecule has 0 aliphatic carbocycles. The van der Waals surface area contributed by atoms with E-state index < -0.39 is 51.3 Å². The van der Waals surface area contributed by atoms with Crippen LogP contribution < -0.4 is 10.4 Å². The van der Waals surface area contributed by atoms with Gasteiger partial charge in [-0.15, -0.1) is 0 Å². The van der Waals surface area contributed by atoms with Gasteiger partial charge in [-0.25, -0.2) is 0 Å². The Bertz CT molecular complexity index is 2100. The molecule has 8 nitrogen and oxygen atoms in total. The molecule has 73 heavy (non-hydrogen) atoms. The second-order valence-corrected chi connectivity index (χ2v) is 46.7. The molecule has 3 aromatic carbocycles. The largest absolute Gasteiger partial charge is 0.413 e. The molecule has 0 radical (unpaired) electrons. The lowest BCUT2D eigenvalue weighted by molar-refractivity contribution is -0.354.